The molecule has 2 heterocycles. The van der Waals surface area contributed by atoms with Gasteiger partial charge in [0, 0.05) is 11.6 Å². The van der Waals surface area contributed by atoms with Crippen molar-refractivity contribution in [2.45, 2.75) is 98.1 Å². The summed E-state index contributed by atoms with van der Waals surface area (Å²) in [6, 6.07) is 6.06. The van der Waals surface area contributed by atoms with E-state index in [-0.39, 0.29) is 17.5 Å². The summed E-state index contributed by atoms with van der Waals surface area (Å²) in [7, 11) is 0. The molecule has 3 nitrogen and oxygen atoms in total. The maximum absolute atomic E-state index is 12.6. The van der Waals surface area contributed by atoms with Crippen LogP contribution in [0.2, 0.25) is 5.02 Å². The van der Waals surface area contributed by atoms with Gasteiger partial charge in [0.15, 0.2) is 0 Å². The first-order chi connectivity index (χ1) is 20.7. The standard InChI is InChI=1S/C32H39ClF3NO2.2C2H6/c1-3-4-14-29(38-32(34,35)36)15-9-6-8-12-20-37-21-13-18-31(19-22-37)17-11-7-5-10-16-30(39-31)27-23-26(2)24-28(33)25-27;2*1-2/h4-7,9-11,14-17,23-25,30H,3,8,12-13,18-22H2,1-2H3;2*1-2H3/b7-5-,9-6+,14-4-,16-10+,17-11+,29-15+;;. The number of alkyl halides is 3. The minimum Gasteiger partial charge on any atom is -0.406 e. The Labute approximate surface area is 263 Å². The average molecular weight is 622 g/mol. The second kappa shape index (κ2) is 21.2. The van der Waals surface area contributed by atoms with Gasteiger partial charge in [-0.05, 0) is 93.9 Å². The molecule has 240 valence electrons. The van der Waals surface area contributed by atoms with E-state index >= 15 is 0 Å². The lowest BCUT2D eigenvalue weighted by molar-refractivity contribution is -0.303. The summed E-state index contributed by atoms with van der Waals surface area (Å²) < 4.78 is 48.7. The Morgan fingerprint density at radius 3 is 2.49 bits per heavy atom. The third kappa shape index (κ3) is 15.7. The Balaban J connectivity index is 0.00000221. The molecule has 2 unspecified atom stereocenters. The Kier molecular flexibility index (Phi) is 19.0. The normalized spacial score (nSPS) is 23.7. The first-order valence-corrected chi connectivity index (χ1v) is 16.0. The molecule has 1 aromatic rings. The first-order valence-electron chi connectivity index (χ1n) is 15.7. The molecule has 0 N–H and O–H groups in total. The highest BCUT2D eigenvalue weighted by molar-refractivity contribution is 6.30. The molecule has 3 rings (SSSR count). The van der Waals surface area contributed by atoms with Crippen molar-refractivity contribution in [3.05, 3.63) is 107 Å². The molecular weight excluding hydrogens is 571 g/mol. The smallest absolute Gasteiger partial charge is 0.406 e. The van der Waals surface area contributed by atoms with Crippen LogP contribution < -0.4 is 0 Å². The quantitative estimate of drug-likeness (QED) is 0.155. The first kappa shape index (κ1) is 38.5. The number of rotatable bonds is 9. The van der Waals surface area contributed by atoms with Crippen molar-refractivity contribution in [3.8, 4) is 0 Å². The third-order valence-corrected chi connectivity index (χ3v) is 6.91. The molecular formula is C36H51ClF3NO2. The number of ether oxygens (including phenoxy) is 2. The molecule has 0 radical (unpaired) electrons. The van der Waals surface area contributed by atoms with Gasteiger partial charge in [-0.15, -0.1) is 13.2 Å². The van der Waals surface area contributed by atoms with E-state index in [4.69, 9.17) is 16.3 Å². The fraction of sp³-hybridized carbons (Fsp3) is 0.500. The highest BCUT2D eigenvalue weighted by atomic mass is 35.5. The fourth-order valence-corrected chi connectivity index (χ4v) is 5.14. The number of aryl methyl sites for hydroxylation is 1. The summed E-state index contributed by atoms with van der Waals surface area (Å²) >= 11 is 6.36. The van der Waals surface area contributed by atoms with Gasteiger partial charge in [-0.1, -0.05) is 107 Å². The van der Waals surface area contributed by atoms with E-state index in [1.165, 1.54) is 12.2 Å². The van der Waals surface area contributed by atoms with E-state index in [1.807, 2.05) is 78.0 Å². The van der Waals surface area contributed by atoms with E-state index in [9.17, 15) is 13.2 Å². The zero-order chi connectivity index (χ0) is 32.1. The lowest BCUT2D eigenvalue weighted by atomic mass is 9.93. The van der Waals surface area contributed by atoms with Crippen molar-refractivity contribution in [1.29, 1.82) is 0 Å². The minimum atomic E-state index is -4.70. The van der Waals surface area contributed by atoms with Crippen molar-refractivity contribution < 1.29 is 22.6 Å². The number of hydrogen-bond donors (Lipinski definition) is 0. The van der Waals surface area contributed by atoms with Gasteiger partial charge in [0.05, 0.1) is 5.60 Å². The number of halogens is 4. The maximum Gasteiger partial charge on any atom is 0.573 e. The molecule has 0 aromatic heterocycles. The summed E-state index contributed by atoms with van der Waals surface area (Å²) in [6.45, 7) is 14.7. The topological polar surface area (TPSA) is 21.7 Å². The Morgan fingerprint density at radius 2 is 1.79 bits per heavy atom. The maximum atomic E-state index is 12.6. The predicted molar refractivity (Wildman–Crippen MR) is 176 cm³/mol. The van der Waals surface area contributed by atoms with E-state index in [2.05, 4.69) is 33.9 Å². The molecule has 0 amide bonds. The molecule has 1 spiro atoms. The molecule has 2 aliphatic heterocycles. The van der Waals surface area contributed by atoms with Gasteiger partial charge in [0.2, 0.25) is 0 Å². The van der Waals surface area contributed by atoms with E-state index in [0.29, 0.717) is 11.4 Å². The zero-order valence-electron chi connectivity index (χ0n) is 26.8. The summed E-state index contributed by atoms with van der Waals surface area (Å²) in [4.78, 5) is 2.45. The van der Waals surface area contributed by atoms with Crippen LogP contribution in [0.5, 0.6) is 0 Å². The van der Waals surface area contributed by atoms with Gasteiger partial charge >= 0.3 is 6.36 Å². The van der Waals surface area contributed by atoms with Gasteiger partial charge in [0.25, 0.3) is 0 Å². The van der Waals surface area contributed by atoms with Crippen molar-refractivity contribution in [2.24, 2.45) is 0 Å². The molecule has 0 aliphatic carbocycles. The van der Waals surface area contributed by atoms with Crippen LogP contribution in [0.15, 0.2) is 90.8 Å². The molecule has 1 aromatic carbocycles. The number of nitrogens with zero attached hydrogens (tertiary/aromatic N) is 1. The van der Waals surface area contributed by atoms with Crippen LogP contribution >= 0.6 is 11.6 Å². The largest absolute Gasteiger partial charge is 0.573 e. The average Bonchev–Trinajstić information content (AvgIpc) is 3.10. The van der Waals surface area contributed by atoms with Crippen molar-refractivity contribution >= 4 is 11.6 Å². The van der Waals surface area contributed by atoms with Crippen LogP contribution in [-0.2, 0) is 9.47 Å². The molecule has 0 saturated carbocycles. The lowest BCUT2D eigenvalue weighted by Crippen LogP contribution is -2.34. The molecule has 1 fully saturated rings. The van der Waals surface area contributed by atoms with Gasteiger partial charge in [0.1, 0.15) is 11.9 Å². The number of unbranched alkanes of at least 4 members (excludes halogenated alkanes) is 1. The molecule has 0 bridgehead atoms. The van der Waals surface area contributed by atoms with Crippen LogP contribution in [0.25, 0.3) is 0 Å². The number of likely N-dealkylation sites (tertiary alicyclic amines) is 1. The summed E-state index contributed by atoms with van der Waals surface area (Å²) in [5, 5.41) is 0.708. The van der Waals surface area contributed by atoms with Crippen LogP contribution in [0, 0.1) is 6.92 Å². The second-order valence-electron chi connectivity index (χ2n) is 9.99. The molecule has 43 heavy (non-hydrogen) atoms. The van der Waals surface area contributed by atoms with Gasteiger partial charge < -0.3 is 14.4 Å². The molecule has 2 atom stereocenters. The number of hydrogen-bond acceptors (Lipinski definition) is 3. The highest BCUT2D eigenvalue weighted by Crippen LogP contribution is 2.36. The minimum absolute atomic E-state index is 0.196. The van der Waals surface area contributed by atoms with Crippen molar-refractivity contribution in [2.75, 3.05) is 19.6 Å². The van der Waals surface area contributed by atoms with Crippen LogP contribution in [0.3, 0.4) is 0 Å². The van der Waals surface area contributed by atoms with E-state index in [0.717, 1.165) is 62.9 Å². The summed E-state index contributed by atoms with van der Waals surface area (Å²) in [6.07, 6.45) is 20.6. The second-order valence-corrected chi connectivity index (χ2v) is 10.4. The fourth-order valence-electron chi connectivity index (χ4n) is 4.84. The van der Waals surface area contributed by atoms with Crippen LogP contribution in [0.1, 0.15) is 90.4 Å². The van der Waals surface area contributed by atoms with Gasteiger partial charge in [-0.25, -0.2) is 0 Å². The van der Waals surface area contributed by atoms with Crippen molar-refractivity contribution in [3.63, 3.8) is 0 Å². The van der Waals surface area contributed by atoms with E-state index < -0.39 is 6.36 Å². The zero-order valence-corrected chi connectivity index (χ0v) is 27.6. The van der Waals surface area contributed by atoms with Crippen LogP contribution in [0.4, 0.5) is 13.2 Å². The Hall–Kier alpha value is -2.54. The third-order valence-electron chi connectivity index (χ3n) is 6.69. The van der Waals surface area contributed by atoms with Gasteiger partial charge in [-0.3, -0.25) is 0 Å². The SMILES string of the molecule is CC.CC.CC\C=C/C(=C\C=C\CCCN1CCCC2(/C=C/C=C\C=C\C(c3cc(C)cc(Cl)c3)O2)CC1)OC(F)(F)F. The number of allylic oxidation sites excluding steroid dienone is 9. The van der Waals surface area contributed by atoms with Crippen LogP contribution in [-0.4, -0.2) is 36.5 Å². The van der Waals surface area contributed by atoms with Crippen molar-refractivity contribution in [1.82, 2.24) is 4.90 Å². The Bertz CT molecular complexity index is 1080. The summed E-state index contributed by atoms with van der Waals surface area (Å²) in [5.74, 6) is -0.211. The highest BCUT2D eigenvalue weighted by Gasteiger charge is 2.34. The molecule has 1 saturated heterocycles. The monoisotopic (exact) mass is 621 g/mol. The molecule has 7 heteroatoms. The summed E-state index contributed by atoms with van der Waals surface area (Å²) in [5.41, 5.74) is 1.78. The predicted octanol–water partition coefficient (Wildman–Crippen LogP) is 11.4. The Morgan fingerprint density at radius 1 is 1.05 bits per heavy atom. The number of benzene rings is 1. The van der Waals surface area contributed by atoms with E-state index in [1.54, 1.807) is 12.2 Å². The van der Waals surface area contributed by atoms with Gasteiger partial charge in [-0.2, -0.15) is 0 Å². The lowest BCUT2D eigenvalue weighted by Gasteiger charge is -2.34. The molecule has 2 aliphatic rings.